The molecule has 0 unspecified atom stereocenters. The molecule has 0 spiro atoms. The van der Waals surface area contributed by atoms with Crippen LogP contribution in [0, 0.1) is 6.92 Å². The minimum absolute atomic E-state index is 0.112. The van der Waals surface area contributed by atoms with Crippen LogP contribution in [-0.4, -0.2) is 17.6 Å². The molecular formula is C20H19NO3. The van der Waals surface area contributed by atoms with Gasteiger partial charge in [0.2, 0.25) is 0 Å². The lowest BCUT2D eigenvalue weighted by Gasteiger charge is -2.13. The Kier molecular flexibility index (Phi) is 4.77. The average molecular weight is 321 g/mol. The maximum absolute atomic E-state index is 12.0. The summed E-state index contributed by atoms with van der Waals surface area (Å²) in [6.45, 7) is 1.74. The Labute approximate surface area is 140 Å². The number of amides is 1. The standard InChI is InChI=1S/C20H19NO3/c1-14-6-9-16(10-7-14)21-20(23)13-24-19-11-8-15-4-2-3-5-17(15)18(19)12-22/h2-11,22H,12-13H2,1H3,(H,21,23). The molecule has 4 heteroatoms. The molecule has 3 aromatic rings. The van der Waals surface area contributed by atoms with Gasteiger partial charge in [-0.05, 0) is 35.9 Å². The molecule has 0 bridgehead atoms. The maximum atomic E-state index is 12.0. The molecule has 0 atom stereocenters. The molecule has 2 N–H and O–H groups in total. The Bertz CT molecular complexity index is 856. The van der Waals surface area contributed by atoms with Crippen molar-refractivity contribution in [1.82, 2.24) is 0 Å². The summed E-state index contributed by atoms with van der Waals surface area (Å²) >= 11 is 0. The van der Waals surface area contributed by atoms with E-state index >= 15 is 0 Å². The second kappa shape index (κ2) is 7.15. The van der Waals surface area contributed by atoms with E-state index in [1.807, 2.05) is 61.5 Å². The quantitative estimate of drug-likeness (QED) is 0.754. The number of aliphatic hydroxyl groups is 1. The number of hydrogen-bond donors (Lipinski definition) is 2. The first-order valence-electron chi connectivity index (χ1n) is 7.78. The van der Waals surface area contributed by atoms with E-state index in [0.29, 0.717) is 11.3 Å². The zero-order valence-corrected chi connectivity index (χ0v) is 13.5. The molecule has 0 aliphatic heterocycles. The van der Waals surface area contributed by atoms with Gasteiger partial charge in [0.05, 0.1) is 6.61 Å². The SMILES string of the molecule is Cc1ccc(NC(=O)COc2ccc3ccccc3c2CO)cc1. The molecule has 3 rings (SSSR count). The van der Waals surface area contributed by atoms with Crippen molar-refractivity contribution in [3.8, 4) is 5.75 Å². The third kappa shape index (κ3) is 3.55. The van der Waals surface area contributed by atoms with Gasteiger partial charge in [-0.15, -0.1) is 0 Å². The van der Waals surface area contributed by atoms with Gasteiger partial charge < -0.3 is 15.2 Å². The first-order chi connectivity index (χ1) is 11.7. The molecule has 4 nitrogen and oxygen atoms in total. The van der Waals surface area contributed by atoms with Crippen LogP contribution >= 0.6 is 0 Å². The molecule has 0 saturated heterocycles. The van der Waals surface area contributed by atoms with Crippen LogP contribution in [0.4, 0.5) is 5.69 Å². The molecular weight excluding hydrogens is 302 g/mol. The van der Waals surface area contributed by atoms with E-state index in [9.17, 15) is 9.90 Å². The van der Waals surface area contributed by atoms with Crippen molar-refractivity contribution in [3.63, 3.8) is 0 Å². The van der Waals surface area contributed by atoms with Gasteiger partial charge in [0, 0.05) is 11.3 Å². The second-order valence-electron chi connectivity index (χ2n) is 5.62. The zero-order valence-electron chi connectivity index (χ0n) is 13.5. The van der Waals surface area contributed by atoms with E-state index in [1.165, 1.54) is 0 Å². The van der Waals surface area contributed by atoms with Gasteiger partial charge in [-0.3, -0.25) is 4.79 Å². The normalized spacial score (nSPS) is 10.6. The molecule has 0 fully saturated rings. The Morgan fingerprint density at radius 3 is 2.54 bits per heavy atom. The smallest absolute Gasteiger partial charge is 0.262 e. The van der Waals surface area contributed by atoms with Crippen LogP contribution < -0.4 is 10.1 Å². The Morgan fingerprint density at radius 2 is 1.79 bits per heavy atom. The number of carbonyl (C=O) groups excluding carboxylic acids is 1. The molecule has 0 aliphatic rings. The summed E-state index contributed by atoms with van der Waals surface area (Å²) in [6.07, 6.45) is 0. The van der Waals surface area contributed by atoms with Gasteiger partial charge in [0.1, 0.15) is 5.75 Å². The number of anilines is 1. The van der Waals surface area contributed by atoms with Crippen molar-refractivity contribution in [2.24, 2.45) is 0 Å². The third-order valence-corrected chi connectivity index (χ3v) is 3.85. The number of aryl methyl sites for hydroxylation is 1. The van der Waals surface area contributed by atoms with Crippen LogP contribution in [0.25, 0.3) is 10.8 Å². The lowest BCUT2D eigenvalue weighted by atomic mass is 10.0. The highest BCUT2D eigenvalue weighted by molar-refractivity contribution is 5.92. The van der Waals surface area contributed by atoms with Gasteiger partial charge in [-0.25, -0.2) is 0 Å². The van der Waals surface area contributed by atoms with Crippen molar-refractivity contribution >= 4 is 22.4 Å². The molecule has 1 amide bonds. The van der Waals surface area contributed by atoms with E-state index in [-0.39, 0.29) is 19.1 Å². The highest BCUT2D eigenvalue weighted by atomic mass is 16.5. The van der Waals surface area contributed by atoms with E-state index in [4.69, 9.17) is 4.74 Å². The summed E-state index contributed by atoms with van der Waals surface area (Å²) in [5.74, 6) is 0.283. The average Bonchev–Trinajstić information content (AvgIpc) is 2.61. The summed E-state index contributed by atoms with van der Waals surface area (Å²) < 4.78 is 5.62. The van der Waals surface area contributed by atoms with Gasteiger partial charge in [-0.1, -0.05) is 48.0 Å². The van der Waals surface area contributed by atoms with E-state index < -0.39 is 0 Å². The topological polar surface area (TPSA) is 58.6 Å². The van der Waals surface area contributed by atoms with E-state index in [2.05, 4.69) is 5.32 Å². The Hall–Kier alpha value is -2.85. The largest absolute Gasteiger partial charge is 0.483 e. The van der Waals surface area contributed by atoms with Crippen LogP contribution in [-0.2, 0) is 11.4 Å². The molecule has 24 heavy (non-hydrogen) atoms. The zero-order chi connectivity index (χ0) is 16.9. The number of carbonyl (C=O) groups is 1. The van der Waals surface area contributed by atoms with Crippen LogP contribution in [0.2, 0.25) is 0 Å². The number of fused-ring (bicyclic) bond motifs is 1. The summed E-state index contributed by atoms with van der Waals surface area (Å²) in [6, 6.07) is 19.0. The summed E-state index contributed by atoms with van der Waals surface area (Å²) in [5.41, 5.74) is 2.55. The predicted molar refractivity (Wildman–Crippen MR) is 95.2 cm³/mol. The number of ether oxygens (including phenoxy) is 1. The Morgan fingerprint density at radius 1 is 1.04 bits per heavy atom. The summed E-state index contributed by atoms with van der Waals surface area (Å²) in [7, 11) is 0. The number of aliphatic hydroxyl groups excluding tert-OH is 1. The van der Waals surface area contributed by atoms with Crippen LogP contribution in [0.5, 0.6) is 5.75 Å². The lowest BCUT2D eigenvalue weighted by molar-refractivity contribution is -0.118. The molecule has 0 heterocycles. The van der Waals surface area contributed by atoms with Crippen molar-refractivity contribution in [2.45, 2.75) is 13.5 Å². The minimum Gasteiger partial charge on any atom is -0.483 e. The molecule has 0 radical (unpaired) electrons. The van der Waals surface area contributed by atoms with Gasteiger partial charge >= 0.3 is 0 Å². The Balaban J connectivity index is 1.71. The minimum atomic E-state index is -0.240. The fourth-order valence-corrected chi connectivity index (χ4v) is 2.59. The van der Waals surface area contributed by atoms with Gasteiger partial charge in [0.15, 0.2) is 6.61 Å². The van der Waals surface area contributed by atoms with Crippen LogP contribution in [0.3, 0.4) is 0 Å². The summed E-state index contributed by atoms with van der Waals surface area (Å²) in [5, 5.41) is 14.4. The highest BCUT2D eigenvalue weighted by Crippen LogP contribution is 2.28. The molecule has 0 aromatic heterocycles. The van der Waals surface area contributed by atoms with Crippen molar-refractivity contribution < 1.29 is 14.6 Å². The predicted octanol–water partition coefficient (Wildman–Crippen LogP) is 3.66. The lowest BCUT2D eigenvalue weighted by Crippen LogP contribution is -2.20. The highest BCUT2D eigenvalue weighted by Gasteiger charge is 2.10. The van der Waals surface area contributed by atoms with Crippen molar-refractivity contribution in [3.05, 3.63) is 71.8 Å². The molecule has 0 aliphatic carbocycles. The third-order valence-electron chi connectivity index (χ3n) is 3.85. The fourth-order valence-electron chi connectivity index (χ4n) is 2.59. The van der Waals surface area contributed by atoms with E-state index in [0.717, 1.165) is 22.0 Å². The molecule has 3 aromatic carbocycles. The number of benzene rings is 3. The van der Waals surface area contributed by atoms with Crippen LogP contribution in [0.1, 0.15) is 11.1 Å². The number of hydrogen-bond acceptors (Lipinski definition) is 3. The maximum Gasteiger partial charge on any atom is 0.262 e. The fraction of sp³-hybridized carbons (Fsp3) is 0.150. The summed E-state index contributed by atoms with van der Waals surface area (Å²) in [4.78, 5) is 12.0. The van der Waals surface area contributed by atoms with Crippen LogP contribution in [0.15, 0.2) is 60.7 Å². The van der Waals surface area contributed by atoms with Gasteiger partial charge in [0.25, 0.3) is 5.91 Å². The number of nitrogens with one attached hydrogen (secondary N) is 1. The van der Waals surface area contributed by atoms with E-state index in [1.54, 1.807) is 6.07 Å². The van der Waals surface area contributed by atoms with Crippen molar-refractivity contribution in [1.29, 1.82) is 0 Å². The van der Waals surface area contributed by atoms with Gasteiger partial charge in [-0.2, -0.15) is 0 Å². The first kappa shape index (κ1) is 16.0. The first-order valence-corrected chi connectivity index (χ1v) is 7.78. The monoisotopic (exact) mass is 321 g/mol. The molecule has 122 valence electrons. The molecule has 0 saturated carbocycles. The van der Waals surface area contributed by atoms with Crippen molar-refractivity contribution in [2.75, 3.05) is 11.9 Å². The number of rotatable bonds is 5. The second-order valence-corrected chi connectivity index (χ2v) is 5.62.